The standard InChI is InChI=1S/C16H19NO2/c17-11-10-13-6-8-15(9-7-13)19-12-16(18)14-4-2-1-3-5-14/h6-9,14H,1-5,10,12H2. The lowest BCUT2D eigenvalue weighted by Gasteiger charge is -2.20. The molecule has 0 aromatic heterocycles. The molecule has 1 saturated carbocycles. The van der Waals surface area contributed by atoms with Crippen molar-refractivity contribution in [1.29, 1.82) is 5.26 Å². The van der Waals surface area contributed by atoms with Gasteiger partial charge in [-0.1, -0.05) is 31.4 Å². The molecule has 1 aliphatic carbocycles. The average molecular weight is 257 g/mol. The summed E-state index contributed by atoms with van der Waals surface area (Å²) in [4.78, 5) is 12.0. The topological polar surface area (TPSA) is 50.1 Å². The number of hydrogen-bond acceptors (Lipinski definition) is 3. The first-order valence-electron chi connectivity index (χ1n) is 6.91. The summed E-state index contributed by atoms with van der Waals surface area (Å²) in [6.07, 6.45) is 6.03. The number of carbonyl (C=O) groups is 1. The lowest BCUT2D eigenvalue weighted by Crippen LogP contribution is -2.23. The highest BCUT2D eigenvalue weighted by atomic mass is 16.5. The molecule has 0 radical (unpaired) electrons. The molecule has 0 amide bonds. The van der Waals surface area contributed by atoms with Gasteiger partial charge < -0.3 is 4.74 Å². The smallest absolute Gasteiger partial charge is 0.173 e. The van der Waals surface area contributed by atoms with Crippen molar-refractivity contribution in [2.45, 2.75) is 38.5 Å². The van der Waals surface area contributed by atoms with E-state index in [2.05, 4.69) is 6.07 Å². The third kappa shape index (κ3) is 4.10. The zero-order valence-corrected chi connectivity index (χ0v) is 11.1. The van der Waals surface area contributed by atoms with E-state index < -0.39 is 0 Å². The first-order valence-corrected chi connectivity index (χ1v) is 6.91. The van der Waals surface area contributed by atoms with Gasteiger partial charge >= 0.3 is 0 Å². The van der Waals surface area contributed by atoms with Gasteiger partial charge in [0.15, 0.2) is 5.78 Å². The molecular formula is C16H19NO2. The number of rotatable bonds is 5. The Morgan fingerprint density at radius 1 is 1.21 bits per heavy atom. The van der Waals surface area contributed by atoms with Gasteiger partial charge in [0.25, 0.3) is 0 Å². The van der Waals surface area contributed by atoms with Crippen LogP contribution in [0.2, 0.25) is 0 Å². The molecule has 2 rings (SSSR count). The molecule has 1 fully saturated rings. The molecular weight excluding hydrogens is 238 g/mol. The summed E-state index contributed by atoms with van der Waals surface area (Å²) in [6, 6.07) is 9.47. The molecule has 0 spiro atoms. The molecule has 3 nitrogen and oxygen atoms in total. The summed E-state index contributed by atoms with van der Waals surface area (Å²) in [7, 11) is 0. The Bertz CT molecular complexity index is 453. The fourth-order valence-electron chi connectivity index (χ4n) is 2.49. The van der Waals surface area contributed by atoms with Crippen LogP contribution in [-0.4, -0.2) is 12.4 Å². The number of ether oxygens (including phenoxy) is 1. The van der Waals surface area contributed by atoms with Crippen LogP contribution in [0.1, 0.15) is 37.7 Å². The highest BCUT2D eigenvalue weighted by molar-refractivity contribution is 5.82. The minimum Gasteiger partial charge on any atom is -0.486 e. The van der Waals surface area contributed by atoms with Crippen molar-refractivity contribution in [3.8, 4) is 11.8 Å². The predicted octanol–water partition coefficient (Wildman–Crippen LogP) is 3.28. The first kappa shape index (κ1) is 13.6. The molecule has 19 heavy (non-hydrogen) atoms. The van der Waals surface area contributed by atoms with Crippen LogP contribution < -0.4 is 4.74 Å². The molecule has 1 aromatic carbocycles. The molecule has 0 atom stereocenters. The van der Waals surface area contributed by atoms with E-state index in [0.717, 1.165) is 18.4 Å². The van der Waals surface area contributed by atoms with Crippen LogP contribution in [0.3, 0.4) is 0 Å². The summed E-state index contributed by atoms with van der Waals surface area (Å²) >= 11 is 0. The fraction of sp³-hybridized carbons (Fsp3) is 0.500. The van der Waals surface area contributed by atoms with Gasteiger partial charge in [-0.15, -0.1) is 0 Å². The quantitative estimate of drug-likeness (QED) is 0.813. The van der Waals surface area contributed by atoms with Crippen LogP contribution in [0.4, 0.5) is 0 Å². The molecule has 100 valence electrons. The molecule has 3 heteroatoms. The highest BCUT2D eigenvalue weighted by Crippen LogP contribution is 2.24. The SMILES string of the molecule is N#CCc1ccc(OCC(=O)C2CCCCC2)cc1. The predicted molar refractivity (Wildman–Crippen MR) is 72.8 cm³/mol. The van der Waals surface area contributed by atoms with E-state index in [1.165, 1.54) is 19.3 Å². The maximum atomic E-state index is 12.0. The second-order valence-corrected chi connectivity index (χ2v) is 5.07. The third-order valence-electron chi connectivity index (χ3n) is 3.65. The number of Topliss-reactive ketones (excluding diaryl/α,β-unsaturated/α-hetero) is 1. The second kappa shape index (κ2) is 6.94. The lowest BCUT2D eigenvalue weighted by molar-refractivity contribution is -0.125. The van der Waals surface area contributed by atoms with E-state index in [4.69, 9.17) is 10.00 Å². The summed E-state index contributed by atoms with van der Waals surface area (Å²) in [5.74, 6) is 1.12. The molecule has 0 N–H and O–H groups in total. The Labute approximate surface area is 114 Å². The highest BCUT2D eigenvalue weighted by Gasteiger charge is 2.21. The number of hydrogen-bond donors (Lipinski definition) is 0. The number of nitrogens with zero attached hydrogens (tertiary/aromatic N) is 1. The van der Waals surface area contributed by atoms with E-state index in [1.54, 1.807) is 0 Å². The average Bonchev–Trinajstić information content (AvgIpc) is 2.47. The van der Waals surface area contributed by atoms with Crippen LogP contribution in [0.5, 0.6) is 5.75 Å². The molecule has 0 saturated heterocycles. The zero-order chi connectivity index (χ0) is 13.5. The van der Waals surface area contributed by atoms with Crippen LogP contribution in [0.25, 0.3) is 0 Å². The maximum absolute atomic E-state index is 12.0. The minimum absolute atomic E-state index is 0.169. The van der Waals surface area contributed by atoms with Gasteiger partial charge in [0.2, 0.25) is 0 Å². The van der Waals surface area contributed by atoms with Gasteiger partial charge in [-0.05, 0) is 30.5 Å². The molecule has 0 heterocycles. The zero-order valence-electron chi connectivity index (χ0n) is 11.1. The van der Waals surface area contributed by atoms with Gasteiger partial charge in [-0.3, -0.25) is 4.79 Å². The largest absolute Gasteiger partial charge is 0.486 e. The number of carbonyl (C=O) groups excluding carboxylic acids is 1. The van der Waals surface area contributed by atoms with Crippen molar-refractivity contribution < 1.29 is 9.53 Å². The Morgan fingerprint density at radius 3 is 2.53 bits per heavy atom. The van der Waals surface area contributed by atoms with E-state index in [-0.39, 0.29) is 18.3 Å². The minimum atomic E-state index is 0.169. The van der Waals surface area contributed by atoms with Gasteiger partial charge in [0.05, 0.1) is 12.5 Å². The van der Waals surface area contributed by atoms with Crippen LogP contribution in [-0.2, 0) is 11.2 Å². The van der Waals surface area contributed by atoms with E-state index in [0.29, 0.717) is 12.2 Å². The van der Waals surface area contributed by atoms with E-state index in [1.807, 2.05) is 24.3 Å². The second-order valence-electron chi connectivity index (χ2n) is 5.07. The molecule has 1 aliphatic rings. The Hall–Kier alpha value is -1.82. The van der Waals surface area contributed by atoms with E-state index in [9.17, 15) is 4.79 Å². The molecule has 1 aromatic rings. The van der Waals surface area contributed by atoms with E-state index >= 15 is 0 Å². The monoisotopic (exact) mass is 257 g/mol. The van der Waals surface area contributed by atoms with Crippen molar-refractivity contribution >= 4 is 5.78 Å². The van der Waals surface area contributed by atoms with Gasteiger partial charge in [0.1, 0.15) is 12.4 Å². The van der Waals surface area contributed by atoms with Crippen LogP contribution in [0, 0.1) is 17.2 Å². The van der Waals surface area contributed by atoms with Crippen molar-refractivity contribution in [3.63, 3.8) is 0 Å². The number of benzene rings is 1. The molecule has 0 bridgehead atoms. The van der Waals surface area contributed by atoms with Crippen LogP contribution >= 0.6 is 0 Å². The maximum Gasteiger partial charge on any atom is 0.173 e. The fourth-order valence-corrected chi connectivity index (χ4v) is 2.49. The Kier molecular flexibility index (Phi) is 4.97. The first-order chi connectivity index (χ1) is 9.29. The Morgan fingerprint density at radius 2 is 1.89 bits per heavy atom. The summed E-state index contributed by atoms with van der Waals surface area (Å²) in [6.45, 7) is 0.169. The lowest BCUT2D eigenvalue weighted by atomic mass is 9.86. The number of ketones is 1. The normalized spacial score (nSPS) is 15.7. The summed E-state index contributed by atoms with van der Waals surface area (Å²) in [5, 5.41) is 8.58. The van der Waals surface area contributed by atoms with Crippen LogP contribution in [0.15, 0.2) is 24.3 Å². The van der Waals surface area contributed by atoms with Gasteiger partial charge in [-0.2, -0.15) is 5.26 Å². The van der Waals surface area contributed by atoms with Gasteiger partial charge in [-0.25, -0.2) is 0 Å². The number of nitriles is 1. The van der Waals surface area contributed by atoms with Crippen molar-refractivity contribution in [3.05, 3.63) is 29.8 Å². The third-order valence-corrected chi connectivity index (χ3v) is 3.65. The Balaban J connectivity index is 1.81. The molecule has 0 unspecified atom stereocenters. The van der Waals surface area contributed by atoms with Crippen molar-refractivity contribution in [2.24, 2.45) is 5.92 Å². The van der Waals surface area contributed by atoms with Gasteiger partial charge in [0, 0.05) is 5.92 Å². The van der Waals surface area contributed by atoms with Crippen molar-refractivity contribution in [2.75, 3.05) is 6.61 Å². The summed E-state index contributed by atoms with van der Waals surface area (Å²) < 4.78 is 5.52. The summed E-state index contributed by atoms with van der Waals surface area (Å²) in [5.41, 5.74) is 0.966. The van der Waals surface area contributed by atoms with Crippen molar-refractivity contribution in [1.82, 2.24) is 0 Å². The molecule has 0 aliphatic heterocycles.